The topological polar surface area (TPSA) is 91.6 Å². The Balaban J connectivity index is 2.06. The molecule has 0 amide bonds. The van der Waals surface area contributed by atoms with E-state index >= 15 is 0 Å². The largest absolute Gasteiger partial charge is 0.494 e. The summed E-state index contributed by atoms with van der Waals surface area (Å²) in [5.41, 5.74) is 2.10. The summed E-state index contributed by atoms with van der Waals surface area (Å²) in [7, 11) is 1.03. The van der Waals surface area contributed by atoms with Crippen LogP contribution in [0, 0.1) is 0 Å². The van der Waals surface area contributed by atoms with Gasteiger partial charge in [-0.25, -0.2) is 0 Å². The molecule has 0 spiro atoms. The van der Waals surface area contributed by atoms with Gasteiger partial charge < -0.3 is 9.64 Å². The average Bonchev–Trinajstić information content (AvgIpc) is 2.64. The second-order valence-electron chi connectivity index (χ2n) is 6.05. The van der Waals surface area contributed by atoms with Crippen LogP contribution in [0.1, 0.15) is 0 Å². The zero-order valence-electron chi connectivity index (χ0n) is 15.1. The summed E-state index contributed by atoms with van der Waals surface area (Å²) in [5, 5.41) is 10.5. The van der Waals surface area contributed by atoms with Crippen molar-refractivity contribution < 1.29 is 17.7 Å². The van der Waals surface area contributed by atoms with E-state index in [9.17, 15) is 8.42 Å². The molecule has 0 fully saturated rings. The van der Waals surface area contributed by atoms with E-state index in [2.05, 4.69) is 10.2 Å². The van der Waals surface area contributed by atoms with Crippen LogP contribution in [0.15, 0.2) is 69.7 Å². The van der Waals surface area contributed by atoms with E-state index in [0.29, 0.717) is 11.4 Å². The number of azo groups is 1. The molecule has 3 aromatic carbocycles. The molecule has 0 aliphatic carbocycles. The van der Waals surface area contributed by atoms with Gasteiger partial charge in [0.25, 0.3) is 10.1 Å². The van der Waals surface area contributed by atoms with Gasteiger partial charge in [0.2, 0.25) is 0 Å². The molecule has 0 heterocycles. The molecule has 1 N–H and O–H groups in total. The lowest BCUT2D eigenvalue weighted by Crippen LogP contribution is -2.08. The van der Waals surface area contributed by atoms with Gasteiger partial charge in [0.15, 0.2) is 0 Å². The second kappa shape index (κ2) is 7.34. The molecule has 0 bridgehead atoms. The molecule has 0 aliphatic rings. The fraction of sp³-hybridized carbons (Fsp3) is 0.158. The van der Waals surface area contributed by atoms with Gasteiger partial charge in [-0.2, -0.15) is 8.42 Å². The van der Waals surface area contributed by atoms with Crippen LogP contribution in [-0.2, 0) is 10.1 Å². The Morgan fingerprint density at radius 2 is 1.56 bits per heavy atom. The highest BCUT2D eigenvalue weighted by molar-refractivity contribution is 7.85. The third-order valence-electron chi connectivity index (χ3n) is 4.07. The quantitative estimate of drug-likeness (QED) is 0.513. The first-order chi connectivity index (χ1) is 12.8. The van der Waals surface area contributed by atoms with Crippen LogP contribution in [0.5, 0.6) is 5.75 Å². The molecule has 3 rings (SSSR count). The van der Waals surface area contributed by atoms with Gasteiger partial charge in [0.1, 0.15) is 11.4 Å². The summed E-state index contributed by atoms with van der Waals surface area (Å²) in [5.74, 6) is 0.197. The Morgan fingerprint density at radius 1 is 0.926 bits per heavy atom. The monoisotopic (exact) mass is 385 g/mol. The van der Waals surface area contributed by atoms with Crippen LogP contribution in [0.4, 0.5) is 17.1 Å². The second-order valence-corrected chi connectivity index (χ2v) is 7.47. The lowest BCUT2D eigenvalue weighted by molar-refractivity contribution is 0.413. The van der Waals surface area contributed by atoms with Crippen LogP contribution < -0.4 is 9.64 Å². The van der Waals surface area contributed by atoms with E-state index in [1.54, 1.807) is 0 Å². The number of hydrogen-bond acceptors (Lipinski definition) is 6. The molecule has 0 saturated carbocycles. The Morgan fingerprint density at radius 3 is 2.19 bits per heavy atom. The van der Waals surface area contributed by atoms with Gasteiger partial charge in [-0.15, -0.1) is 10.2 Å². The van der Waals surface area contributed by atoms with Crippen molar-refractivity contribution in [2.24, 2.45) is 10.2 Å². The zero-order valence-corrected chi connectivity index (χ0v) is 15.9. The van der Waals surface area contributed by atoms with Crippen molar-refractivity contribution in [2.45, 2.75) is 4.90 Å². The summed E-state index contributed by atoms with van der Waals surface area (Å²) in [6, 6.07) is 15.6. The summed E-state index contributed by atoms with van der Waals surface area (Å²) < 4.78 is 36.9. The maximum atomic E-state index is 11.3. The van der Waals surface area contributed by atoms with E-state index in [-0.39, 0.29) is 10.6 Å². The summed E-state index contributed by atoms with van der Waals surface area (Å²) in [6.45, 7) is 0. The smallest absolute Gasteiger partial charge is 0.294 e. The Labute approximate surface area is 157 Å². The molecule has 27 heavy (non-hydrogen) atoms. The first-order valence-electron chi connectivity index (χ1n) is 8.07. The molecule has 0 radical (unpaired) electrons. The van der Waals surface area contributed by atoms with E-state index in [1.807, 2.05) is 55.4 Å². The Hall–Kier alpha value is -2.97. The number of fused-ring (bicyclic) bond motifs is 1. The molecule has 7 nitrogen and oxygen atoms in total. The van der Waals surface area contributed by atoms with E-state index in [1.165, 1.54) is 25.3 Å². The van der Waals surface area contributed by atoms with Crippen molar-refractivity contribution in [3.05, 3.63) is 54.6 Å². The molecular weight excluding hydrogens is 366 g/mol. The Bertz CT molecular complexity index is 1130. The maximum absolute atomic E-state index is 11.3. The average molecular weight is 385 g/mol. The van der Waals surface area contributed by atoms with Crippen LogP contribution in [-0.4, -0.2) is 34.2 Å². The lowest BCUT2D eigenvalue weighted by Gasteiger charge is -2.16. The number of anilines is 1. The number of benzene rings is 3. The van der Waals surface area contributed by atoms with Crippen molar-refractivity contribution in [3.63, 3.8) is 0 Å². The van der Waals surface area contributed by atoms with E-state index < -0.39 is 10.1 Å². The molecule has 0 aliphatic heterocycles. The van der Waals surface area contributed by atoms with Crippen molar-refractivity contribution in [3.8, 4) is 5.75 Å². The normalized spacial score (nSPS) is 11.9. The van der Waals surface area contributed by atoms with E-state index in [0.717, 1.165) is 16.5 Å². The molecular formula is C19H19N3O4S. The molecule has 0 saturated heterocycles. The minimum absolute atomic E-state index is 0.197. The van der Waals surface area contributed by atoms with Crippen molar-refractivity contribution >= 4 is 38.0 Å². The number of rotatable bonds is 5. The predicted octanol–water partition coefficient (Wildman–Crippen LogP) is 4.58. The van der Waals surface area contributed by atoms with Crippen LogP contribution in [0.25, 0.3) is 10.8 Å². The van der Waals surface area contributed by atoms with Crippen molar-refractivity contribution in [1.29, 1.82) is 0 Å². The first-order valence-corrected chi connectivity index (χ1v) is 9.51. The summed E-state index contributed by atoms with van der Waals surface area (Å²) >= 11 is 0. The SMILES string of the molecule is COc1cc(S(=O)(=O)O)ccc1/N=N/c1ccc(N(C)C)c2ccccc12. The fourth-order valence-electron chi connectivity index (χ4n) is 2.75. The summed E-state index contributed by atoms with van der Waals surface area (Å²) in [6.07, 6.45) is 0. The van der Waals surface area contributed by atoms with Gasteiger partial charge in [0.05, 0.1) is 17.7 Å². The lowest BCUT2D eigenvalue weighted by atomic mass is 10.1. The Kier molecular flexibility index (Phi) is 5.11. The number of hydrogen-bond donors (Lipinski definition) is 1. The van der Waals surface area contributed by atoms with Crippen LogP contribution in [0.3, 0.4) is 0 Å². The number of nitrogens with zero attached hydrogens (tertiary/aromatic N) is 3. The van der Waals surface area contributed by atoms with Crippen molar-refractivity contribution in [2.75, 3.05) is 26.1 Å². The van der Waals surface area contributed by atoms with Gasteiger partial charge in [-0.05, 0) is 24.3 Å². The van der Waals surface area contributed by atoms with Gasteiger partial charge in [-0.3, -0.25) is 4.55 Å². The molecule has 0 unspecified atom stereocenters. The molecule has 8 heteroatoms. The van der Waals surface area contributed by atoms with Crippen molar-refractivity contribution in [1.82, 2.24) is 0 Å². The molecule has 0 aromatic heterocycles. The highest BCUT2D eigenvalue weighted by Crippen LogP contribution is 2.36. The molecule has 0 atom stereocenters. The number of ether oxygens (including phenoxy) is 1. The standard InChI is InChI=1S/C19H19N3O4S/c1-22(2)18-11-10-16(14-6-4-5-7-15(14)18)20-21-17-9-8-13(27(23,24)25)12-19(17)26-3/h4-12H,1-3H3,(H,23,24,25)/b21-20+. The zero-order chi connectivity index (χ0) is 19.6. The fourth-order valence-corrected chi connectivity index (χ4v) is 3.25. The minimum atomic E-state index is -4.32. The van der Waals surface area contributed by atoms with Gasteiger partial charge in [0, 0.05) is 36.6 Å². The molecule has 3 aromatic rings. The van der Waals surface area contributed by atoms with Crippen LogP contribution in [0.2, 0.25) is 0 Å². The number of methoxy groups -OCH3 is 1. The van der Waals surface area contributed by atoms with Gasteiger partial charge >= 0.3 is 0 Å². The van der Waals surface area contributed by atoms with E-state index in [4.69, 9.17) is 9.29 Å². The highest BCUT2D eigenvalue weighted by atomic mass is 32.2. The third kappa shape index (κ3) is 3.91. The van der Waals surface area contributed by atoms with Crippen LogP contribution >= 0.6 is 0 Å². The highest BCUT2D eigenvalue weighted by Gasteiger charge is 2.13. The first kappa shape index (κ1) is 18.8. The summed E-state index contributed by atoms with van der Waals surface area (Å²) in [4.78, 5) is 1.76. The predicted molar refractivity (Wildman–Crippen MR) is 105 cm³/mol. The molecule has 140 valence electrons. The van der Waals surface area contributed by atoms with Gasteiger partial charge in [-0.1, -0.05) is 24.3 Å². The third-order valence-corrected chi connectivity index (χ3v) is 4.92. The minimum Gasteiger partial charge on any atom is -0.494 e. The maximum Gasteiger partial charge on any atom is 0.294 e.